The van der Waals surface area contributed by atoms with Crippen LogP contribution in [0.25, 0.3) is 0 Å². The fourth-order valence-corrected chi connectivity index (χ4v) is 4.57. The van der Waals surface area contributed by atoms with Gasteiger partial charge in [-0.3, -0.25) is 0 Å². The van der Waals surface area contributed by atoms with Crippen LogP contribution in [-0.4, -0.2) is 42.0 Å². The van der Waals surface area contributed by atoms with Crippen molar-refractivity contribution in [2.24, 2.45) is 5.73 Å². The van der Waals surface area contributed by atoms with Crippen LogP contribution in [0.5, 0.6) is 0 Å². The van der Waals surface area contributed by atoms with Gasteiger partial charge >= 0.3 is 0 Å². The van der Waals surface area contributed by atoms with Gasteiger partial charge in [-0.25, -0.2) is 12.8 Å². The molecule has 0 aromatic heterocycles. The van der Waals surface area contributed by atoms with E-state index < -0.39 is 21.9 Å². The van der Waals surface area contributed by atoms with Crippen LogP contribution in [0.3, 0.4) is 0 Å². The zero-order chi connectivity index (χ0) is 14.9. The molecule has 3 N–H and O–H groups in total. The lowest BCUT2D eigenvalue weighted by molar-refractivity contribution is 0.213. The molecule has 110 valence electrons. The molecule has 1 unspecified atom stereocenters. The summed E-state index contributed by atoms with van der Waals surface area (Å²) in [6, 6.07) is 3.21. The third-order valence-electron chi connectivity index (χ3n) is 3.34. The minimum Gasteiger partial charge on any atom is -0.395 e. The van der Waals surface area contributed by atoms with E-state index >= 15 is 0 Å². The van der Waals surface area contributed by atoms with E-state index in [0.717, 1.165) is 6.07 Å². The largest absolute Gasteiger partial charge is 0.395 e. The van der Waals surface area contributed by atoms with Crippen molar-refractivity contribution in [3.8, 4) is 0 Å². The second kappa shape index (κ2) is 5.72. The number of benzene rings is 1. The molecule has 0 spiro atoms. The van der Waals surface area contributed by atoms with Gasteiger partial charge in [0.15, 0.2) is 0 Å². The van der Waals surface area contributed by atoms with Crippen LogP contribution >= 0.6 is 12.2 Å². The van der Waals surface area contributed by atoms with Crippen LogP contribution in [0.1, 0.15) is 18.4 Å². The van der Waals surface area contributed by atoms with Crippen LogP contribution in [0, 0.1) is 5.82 Å². The highest BCUT2D eigenvalue weighted by Crippen LogP contribution is 2.28. The first kappa shape index (κ1) is 15.3. The molecule has 0 radical (unpaired) electrons. The topological polar surface area (TPSA) is 83.6 Å². The molecule has 0 amide bonds. The van der Waals surface area contributed by atoms with Crippen molar-refractivity contribution in [3.05, 3.63) is 29.6 Å². The van der Waals surface area contributed by atoms with Gasteiger partial charge in [0.2, 0.25) is 10.0 Å². The van der Waals surface area contributed by atoms with E-state index in [1.165, 1.54) is 16.4 Å². The highest BCUT2D eigenvalue weighted by molar-refractivity contribution is 7.89. The number of nitrogens with zero attached hydrogens (tertiary/aromatic N) is 1. The highest BCUT2D eigenvalue weighted by atomic mass is 32.2. The van der Waals surface area contributed by atoms with Crippen molar-refractivity contribution in [2.45, 2.75) is 23.8 Å². The highest BCUT2D eigenvalue weighted by Gasteiger charge is 2.36. The van der Waals surface area contributed by atoms with E-state index in [2.05, 4.69) is 0 Å². The molecule has 0 bridgehead atoms. The summed E-state index contributed by atoms with van der Waals surface area (Å²) in [5.74, 6) is -0.765. The number of hydrogen-bond donors (Lipinski definition) is 2. The monoisotopic (exact) mass is 318 g/mol. The fourth-order valence-electron chi connectivity index (χ4n) is 2.39. The van der Waals surface area contributed by atoms with Gasteiger partial charge in [-0.1, -0.05) is 18.3 Å². The van der Waals surface area contributed by atoms with Gasteiger partial charge in [-0.2, -0.15) is 4.31 Å². The molecule has 1 aromatic rings. The summed E-state index contributed by atoms with van der Waals surface area (Å²) in [5.41, 5.74) is 5.16. The van der Waals surface area contributed by atoms with Crippen LogP contribution in [-0.2, 0) is 10.0 Å². The van der Waals surface area contributed by atoms with Crippen molar-refractivity contribution < 1.29 is 17.9 Å². The van der Waals surface area contributed by atoms with Crippen LogP contribution in [0.15, 0.2) is 23.1 Å². The first-order valence-corrected chi connectivity index (χ1v) is 7.95. The number of hydrogen-bond acceptors (Lipinski definition) is 4. The Balaban J connectivity index is 2.55. The molecule has 1 saturated heterocycles. The number of halogens is 1. The molecule has 1 atom stereocenters. The van der Waals surface area contributed by atoms with E-state index in [-0.39, 0.29) is 22.1 Å². The van der Waals surface area contributed by atoms with Crippen molar-refractivity contribution >= 4 is 27.2 Å². The molecule has 2 rings (SSSR count). The van der Waals surface area contributed by atoms with Crippen molar-refractivity contribution in [1.82, 2.24) is 4.31 Å². The average Bonchev–Trinajstić information content (AvgIpc) is 2.86. The summed E-state index contributed by atoms with van der Waals surface area (Å²) in [6.07, 6.45) is 1.23. The lowest BCUT2D eigenvalue weighted by atomic mass is 10.2. The van der Waals surface area contributed by atoms with Crippen molar-refractivity contribution in [2.75, 3.05) is 13.2 Å². The normalized spacial score (nSPS) is 20.2. The summed E-state index contributed by atoms with van der Waals surface area (Å²) >= 11 is 4.74. The molecule has 5 nitrogen and oxygen atoms in total. The van der Waals surface area contributed by atoms with Gasteiger partial charge in [0.05, 0.1) is 17.1 Å². The first-order chi connectivity index (χ1) is 9.39. The Kier molecular flexibility index (Phi) is 4.38. The number of rotatable bonds is 4. The Morgan fingerprint density at radius 3 is 2.85 bits per heavy atom. The van der Waals surface area contributed by atoms with Gasteiger partial charge in [0.25, 0.3) is 0 Å². The number of sulfonamides is 1. The molecule has 1 aromatic carbocycles. The fraction of sp³-hybridized carbons (Fsp3) is 0.417. The maximum Gasteiger partial charge on any atom is 0.244 e. The third kappa shape index (κ3) is 2.56. The average molecular weight is 318 g/mol. The van der Waals surface area contributed by atoms with E-state index in [0.29, 0.717) is 19.4 Å². The van der Waals surface area contributed by atoms with Crippen LogP contribution in [0.4, 0.5) is 4.39 Å². The second-order valence-corrected chi connectivity index (χ2v) is 6.87. The molecule has 1 heterocycles. The van der Waals surface area contributed by atoms with E-state index in [4.69, 9.17) is 18.0 Å². The molecule has 1 fully saturated rings. The van der Waals surface area contributed by atoms with Gasteiger partial charge in [0.1, 0.15) is 10.8 Å². The molecule has 8 heteroatoms. The maximum absolute atomic E-state index is 13.8. The van der Waals surface area contributed by atoms with E-state index in [9.17, 15) is 17.9 Å². The maximum atomic E-state index is 13.8. The first-order valence-electron chi connectivity index (χ1n) is 6.10. The summed E-state index contributed by atoms with van der Waals surface area (Å²) in [4.78, 5) is -0.549. The Bertz CT molecular complexity index is 634. The van der Waals surface area contributed by atoms with Crippen LogP contribution < -0.4 is 5.73 Å². The standard InChI is InChI=1S/C12H15FN2O3S2/c13-9-4-1-5-10(11(9)12(14)19)20(17,18)15-6-2-3-8(15)7-16/h1,4-5,8,16H,2-3,6-7H2,(H2,14,19). The SMILES string of the molecule is NC(=S)c1c(F)cccc1S(=O)(=O)N1CCCC1CO. The quantitative estimate of drug-likeness (QED) is 0.795. The molecule has 1 aliphatic heterocycles. The molecular formula is C12H15FN2O3S2. The smallest absolute Gasteiger partial charge is 0.244 e. The molecule has 1 aliphatic rings. The van der Waals surface area contributed by atoms with Gasteiger partial charge in [0, 0.05) is 12.6 Å². The lowest BCUT2D eigenvalue weighted by Gasteiger charge is -2.23. The number of nitrogens with two attached hydrogens (primary N) is 1. The summed E-state index contributed by atoms with van der Waals surface area (Å²) < 4.78 is 40.2. The molecular weight excluding hydrogens is 303 g/mol. The number of aliphatic hydroxyl groups is 1. The van der Waals surface area contributed by atoms with Gasteiger partial charge < -0.3 is 10.8 Å². The zero-order valence-corrected chi connectivity index (χ0v) is 12.3. The second-order valence-electron chi connectivity index (χ2n) is 4.57. The summed E-state index contributed by atoms with van der Waals surface area (Å²) in [7, 11) is -3.93. The van der Waals surface area contributed by atoms with Crippen molar-refractivity contribution in [3.63, 3.8) is 0 Å². The number of aliphatic hydroxyl groups excluding tert-OH is 1. The minimum absolute atomic E-state index is 0.245. The predicted molar refractivity (Wildman–Crippen MR) is 76.3 cm³/mol. The minimum atomic E-state index is -3.93. The molecule has 0 saturated carbocycles. The van der Waals surface area contributed by atoms with Gasteiger partial charge in [-0.05, 0) is 25.0 Å². The predicted octanol–water partition coefficient (Wildman–Crippen LogP) is 0.605. The summed E-state index contributed by atoms with van der Waals surface area (Å²) in [6.45, 7) is 0.0256. The zero-order valence-electron chi connectivity index (χ0n) is 10.6. The Hall–Kier alpha value is -1.09. The summed E-state index contributed by atoms with van der Waals surface area (Å²) in [5, 5.41) is 9.25. The Labute approximate surface area is 122 Å². The number of thiocarbonyl (C=S) groups is 1. The Morgan fingerprint density at radius 2 is 2.25 bits per heavy atom. The molecule has 0 aliphatic carbocycles. The van der Waals surface area contributed by atoms with Crippen LogP contribution in [0.2, 0.25) is 0 Å². The lowest BCUT2D eigenvalue weighted by Crippen LogP contribution is -2.38. The van der Waals surface area contributed by atoms with E-state index in [1.54, 1.807) is 0 Å². The third-order valence-corrected chi connectivity index (χ3v) is 5.54. The van der Waals surface area contributed by atoms with Gasteiger partial charge in [-0.15, -0.1) is 0 Å². The van der Waals surface area contributed by atoms with Crippen molar-refractivity contribution in [1.29, 1.82) is 0 Å². The van der Waals surface area contributed by atoms with E-state index in [1.807, 2.05) is 0 Å². The molecule has 20 heavy (non-hydrogen) atoms. The Morgan fingerprint density at radius 1 is 1.55 bits per heavy atom.